The van der Waals surface area contributed by atoms with E-state index in [1.54, 1.807) is 0 Å². The Kier molecular flexibility index (Phi) is 4.14. The van der Waals surface area contributed by atoms with Crippen LogP contribution in [0, 0.1) is 6.92 Å². The molecule has 0 N–H and O–H groups in total. The molecule has 2 fully saturated rings. The Balaban J connectivity index is 1.33. The molecule has 0 amide bonds. The van der Waals surface area contributed by atoms with Gasteiger partial charge in [-0.25, -0.2) is 0 Å². The monoisotopic (exact) mass is 363 g/mol. The van der Waals surface area contributed by atoms with E-state index in [0.717, 1.165) is 37.4 Å². The van der Waals surface area contributed by atoms with Gasteiger partial charge in [0.1, 0.15) is 12.4 Å². The fraction of sp³-hybridized carbons (Fsp3) is 0.500. The zero-order chi connectivity index (χ0) is 18.2. The Morgan fingerprint density at radius 3 is 2.63 bits per heavy atom. The molecule has 0 bridgehead atoms. The molecule has 3 aromatic rings. The van der Waals surface area contributed by atoms with Crippen LogP contribution in [-0.4, -0.2) is 42.6 Å². The maximum atomic E-state index is 4.64. The smallest absolute Gasteiger partial charge is 0.155 e. The van der Waals surface area contributed by atoms with E-state index in [-0.39, 0.29) is 0 Å². The number of pyridine rings is 1. The van der Waals surface area contributed by atoms with Gasteiger partial charge < -0.3 is 9.47 Å². The summed E-state index contributed by atoms with van der Waals surface area (Å²) in [6.07, 6.45) is 10.4. The quantitative estimate of drug-likeness (QED) is 0.697. The summed E-state index contributed by atoms with van der Waals surface area (Å²) < 4.78 is 4.35. The molecule has 0 spiro atoms. The number of hydrogen-bond acceptors (Lipinski definition) is 5. The molecular weight excluding hydrogens is 338 g/mol. The summed E-state index contributed by atoms with van der Waals surface area (Å²) in [4.78, 5) is 6.78. The van der Waals surface area contributed by atoms with Crippen LogP contribution in [0.4, 0.5) is 5.69 Å². The number of aromatic nitrogens is 6. The predicted octanol–water partition coefficient (Wildman–Crippen LogP) is 2.95. The first kappa shape index (κ1) is 16.5. The lowest BCUT2D eigenvalue weighted by Gasteiger charge is -2.33. The average Bonchev–Trinajstić information content (AvgIpc) is 3.23. The van der Waals surface area contributed by atoms with Gasteiger partial charge in [0.25, 0.3) is 0 Å². The number of hydrogen-bond donors (Lipinski definition) is 0. The lowest BCUT2D eigenvalue weighted by atomic mass is 9.95. The van der Waals surface area contributed by atoms with E-state index in [9.17, 15) is 0 Å². The number of anilines is 1. The molecule has 0 unspecified atom stereocenters. The molecule has 1 saturated heterocycles. The van der Waals surface area contributed by atoms with Gasteiger partial charge in [0.15, 0.2) is 5.82 Å². The van der Waals surface area contributed by atoms with Crippen molar-refractivity contribution in [1.82, 2.24) is 29.5 Å². The normalized spacial score (nSPS) is 18.2. The van der Waals surface area contributed by atoms with Crippen LogP contribution in [0.3, 0.4) is 0 Å². The largest absolute Gasteiger partial charge is 0.371 e. The Morgan fingerprint density at radius 1 is 1.07 bits per heavy atom. The van der Waals surface area contributed by atoms with E-state index in [2.05, 4.69) is 48.8 Å². The van der Waals surface area contributed by atoms with Gasteiger partial charge in [0, 0.05) is 55.0 Å². The van der Waals surface area contributed by atoms with Crippen LogP contribution in [0.25, 0.3) is 0 Å². The third kappa shape index (κ3) is 3.34. The van der Waals surface area contributed by atoms with Gasteiger partial charge in [-0.3, -0.25) is 9.67 Å². The molecule has 7 heteroatoms. The first-order valence-corrected chi connectivity index (χ1v) is 9.86. The Hall–Kier alpha value is -2.70. The molecule has 3 aromatic heterocycles. The topological polar surface area (TPSA) is 64.7 Å². The predicted molar refractivity (Wildman–Crippen MR) is 103 cm³/mol. The number of piperidine rings is 1. The molecule has 1 saturated carbocycles. The van der Waals surface area contributed by atoms with E-state index in [0.29, 0.717) is 18.5 Å². The van der Waals surface area contributed by atoms with Gasteiger partial charge in [-0.1, -0.05) is 0 Å². The number of aryl methyl sites for hydroxylation is 1. The Bertz CT molecular complexity index is 902. The van der Waals surface area contributed by atoms with Crippen molar-refractivity contribution in [2.24, 2.45) is 0 Å². The summed E-state index contributed by atoms with van der Waals surface area (Å²) in [6, 6.07) is 6.83. The zero-order valence-corrected chi connectivity index (χ0v) is 15.7. The maximum Gasteiger partial charge on any atom is 0.155 e. The van der Waals surface area contributed by atoms with Gasteiger partial charge >= 0.3 is 0 Å². The van der Waals surface area contributed by atoms with E-state index >= 15 is 0 Å². The van der Waals surface area contributed by atoms with Crippen molar-refractivity contribution in [3.8, 4) is 0 Å². The molecule has 1 aliphatic carbocycles. The van der Waals surface area contributed by atoms with Crippen molar-refractivity contribution >= 4 is 5.69 Å². The molecule has 7 nitrogen and oxygen atoms in total. The first-order chi connectivity index (χ1) is 13.3. The summed E-state index contributed by atoms with van der Waals surface area (Å²) in [5.41, 5.74) is 2.36. The number of nitrogens with zero attached hydrogens (tertiary/aromatic N) is 7. The fourth-order valence-corrected chi connectivity index (χ4v) is 4.12. The second-order valence-electron chi connectivity index (χ2n) is 7.70. The van der Waals surface area contributed by atoms with Gasteiger partial charge in [0.2, 0.25) is 0 Å². The van der Waals surface area contributed by atoms with Gasteiger partial charge in [0.05, 0.1) is 0 Å². The molecule has 1 aliphatic heterocycles. The van der Waals surface area contributed by atoms with Crippen LogP contribution in [0.1, 0.15) is 55.0 Å². The van der Waals surface area contributed by atoms with Crippen molar-refractivity contribution in [3.05, 3.63) is 54.1 Å². The van der Waals surface area contributed by atoms with Crippen LogP contribution in [0.15, 0.2) is 36.8 Å². The van der Waals surface area contributed by atoms with Gasteiger partial charge in [-0.15, -0.1) is 10.2 Å². The molecule has 140 valence electrons. The van der Waals surface area contributed by atoms with Crippen molar-refractivity contribution in [1.29, 1.82) is 0 Å². The van der Waals surface area contributed by atoms with Crippen molar-refractivity contribution in [3.63, 3.8) is 0 Å². The zero-order valence-electron chi connectivity index (χ0n) is 15.7. The highest BCUT2D eigenvalue weighted by Crippen LogP contribution is 2.40. The number of rotatable bonds is 5. The van der Waals surface area contributed by atoms with E-state index in [1.165, 1.54) is 24.4 Å². The van der Waals surface area contributed by atoms with Crippen molar-refractivity contribution in [2.75, 3.05) is 18.0 Å². The average molecular weight is 363 g/mol. The molecule has 0 atom stereocenters. The molecule has 27 heavy (non-hydrogen) atoms. The molecule has 0 radical (unpaired) electrons. The lowest BCUT2D eigenvalue weighted by molar-refractivity contribution is 0.460. The molecule has 5 rings (SSSR count). The first-order valence-electron chi connectivity index (χ1n) is 9.86. The fourth-order valence-electron chi connectivity index (χ4n) is 4.12. The van der Waals surface area contributed by atoms with Crippen LogP contribution in [-0.2, 0) is 6.54 Å². The molecular formula is C20H25N7. The molecule has 0 aromatic carbocycles. The van der Waals surface area contributed by atoms with Crippen molar-refractivity contribution in [2.45, 2.75) is 51.1 Å². The summed E-state index contributed by atoms with van der Waals surface area (Å²) in [7, 11) is 0. The molecule has 4 heterocycles. The highest BCUT2D eigenvalue weighted by atomic mass is 15.3. The van der Waals surface area contributed by atoms with E-state index in [4.69, 9.17) is 0 Å². The Morgan fingerprint density at radius 2 is 1.93 bits per heavy atom. The Labute approximate surface area is 159 Å². The van der Waals surface area contributed by atoms with E-state index in [1.807, 2.05) is 29.3 Å². The third-order valence-electron chi connectivity index (χ3n) is 5.67. The lowest BCUT2D eigenvalue weighted by Crippen LogP contribution is -2.33. The minimum atomic E-state index is 0.489. The summed E-state index contributed by atoms with van der Waals surface area (Å²) >= 11 is 0. The van der Waals surface area contributed by atoms with Crippen LogP contribution in [0.5, 0.6) is 0 Å². The third-order valence-corrected chi connectivity index (χ3v) is 5.67. The van der Waals surface area contributed by atoms with Gasteiger partial charge in [-0.2, -0.15) is 5.10 Å². The minimum Gasteiger partial charge on any atom is -0.371 e. The highest BCUT2D eigenvalue weighted by molar-refractivity contribution is 5.46. The summed E-state index contributed by atoms with van der Waals surface area (Å²) in [5.74, 6) is 2.72. The maximum absolute atomic E-state index is 4.64. The molecule has 2 aliphatic rings. The van der Waals surface area contributed by atoms with Crippen LogP contribution in [0.2, 0.25) is 0 Å². The standard InChI is InChI=1S/C20H25N7/c1-15-13-18(5-9-21-15)25-11-6-16(7-12-25)20-24-23-19(27(20)17-3-4-17)14-26-10-2-8-22-26/h2,5,8-10,13,16-17H,3-4,6-7,11-12,14H2,1H3. The van der Waals surface area contributed by atoms with Crippen molar-refractivity contribution < 1.29 is 0 Å². The second kappa shape index (κ2) is 6.79. The van der Waals surface area contributed by atoms with Gasteiger partial charge in [-0.05, 0) is 50.8 Å². The second-order valence-corrected chi connectivity index (χ2v) is 7.70. The summed E-state index contributed by atoms with van der Waals surface area (Å²) in [5, 5.41) is 13.5. The van der Waals surface area contributed by atoms with E-state index < -0.39 is 0 Å². The SMILES string of the molecule is Cc1cc(N2CCC(c3nnc(Cn4cccn4)n3C3CC3)CC2)ccn1. The minimum absolute atomic E-state index is 0.489. The summed E-state index contributed by atoms with van der Waals surface area (Å²) in [6.45, 7) is 4.86. The van der Waals surface area contributed by atoms with Crippen LogP contribution >= 0.6 is 0 Å². The van der Waals surface area contributed by atoms with Crippen LogP contribution < -0.4 is 4.90 Å². The highest BCUT2D eigenvalue weighted by Gasteiger charge is 2.33.